The van der Waals surface area contributed by atoms with Crippen molar-refractivity contribution in [3.8, 4) is 12.3 Å². The summed E-state index contributed by atoms with van der Waals surface area (Å²) in [6.07, 6.45) is 0.984. The van der Waals surface area contributed by atoms with Crippen molar-refractivity contribution in [1.82, 2.24) is 0 Å². The monoisotopic (exact) mass is 454 g/mol. The van der Waals surface area contributed by atoms with Crippen LogP contribution in [0.15, 0.2) is 34.5 Å². The van der Waals surface area contributed by atoms with Crippen molar-refractivity contribution in [3.05, 3.63) is 35.4 Å². The zero-order valence-electron chi connectivity index (χ0n) is 19.3. The first-order valence-corrected chi connectivity index (χ1v) is 10.7. The maximum atomic E-state index is 13.2. The molecule has 0 fully saturated rings. The molecule has 32 heavy (non-hydrogen) atoms. The van der Waals surface area contributed by atoms with Gasteiger partial charge in [-0.2, -0.15) is 13.2 Å². The standard InChI is InChI=1S/C24H33F3N2O3/c1-7-21(3,4)15-22(5,8-2)19(20(31)32-6)18(30)14-11-16-9-12-17(13-10-16)23(28-29-23)24(25,26)27/h1,9-10,12-13,18-20,30-31H,8,11,14-15H2,2-6H3. The number of ether oxygens (including phenoxy) is 1. The Labute approximate surface area is 188 Å². The summed E-state index contributed by atoms with van der Waals surface area (Å²) in [6, 6.07) is 5.90. The van der Waals surface area contributed by atoms with Gasteiger partial charge in [0.15, 0.2) is 6.29 Å². The molecular formula is C24H33F3N2O3. The van der Waals surface area contributed by atoms with Crippen molar-refractivity contribution in [1.29, 1.82) is 0 Å². The second-order valence-electron chi connectivity index (χ2n) is 9.54. The molecule has 0 amide bonds. The average Bonchev–Trinajstić information content (AvgIpc) is 3.54. The van der Waals surface area contributed by atoms with Gasteiger partial charge in [-0.25, -0.2) is 0 Å². The number of methoxy groups -OCH3 is 1. The van der Waals surface area contributed by atoms with Crippen molar-refractivity contribution >= 4 is 0 Å². The SMILES string of the molecule is C#CC(C)(C)CC(C)(CC)C(C(O)CCc1ccc(C2(C(F)(F)F)N=N2)cc1)C(O)OC. The van der Waals surface area contributed by atoms with Crippen LogP contribution in [0.2, 0.25) is 0 Å². The number of nitrogens with zero attached hydrogens (tertiary/aromatic N) is 2. The Bertz CT molecular complexity index is 840. The first-order valence-electron chi connectivity index (χ1n) is 10.7. The van der Waals surface area contributed by atoms with Crippen LogP contribution < -0.4 is 0 Å². The summed E-state index contributed by atoms with van der Waals surface area (Å²) in [7, 11) is 1.38. The largest absolute Gasteiger partial charge is 0.442 e. The summed E-state index contributed by atoms with van der Waals surface area (Å²) < 4.78 is 44.7. The number of aliphatic hydroxyl groups excluding tert-OH is 2. The number of hydrogen-bond donors (Lipinski definition) is 2. The molecule has 1 aromatic rings. The second-order valence-corrected chi connectivity index (χ2v) is 9.54. The lowest BCUT2D eigenvalue weighted by atomic mass is 9.63. The van der Waals surface area contributed by atoms with Crippen molar-refractivity contribution in [2.75, 3.05) is 7.11 Å². The van der Waals surface area contributed by atoms with Crippen LogP contribution >= 0.6 is 0 Å². The minimum atomic E-state index is -4.56. The zero-order valence-corrected chi connectivity index (χ0v) is 19.3. The Morgan fingerprint density at radius 3 is 2.09 bits per heavy atom. The summed E-state index contributed by atoms with van der Waals surface area (Å²) in [5.74, 6) is 2.18. The van der Waals surface area contributed by atoms with E-state index in [4.69, 9.17) is 11.2 Å². The van der Waals surface area contributed by atoms with Crippen LogP contribution in [0.1, 0.15) is 58.1 Å². The van der Waals surface area contributed by atoms with Gasteiger partial charge in [0.25, 0.3) is 0 Å². The summed E-state index contributed by atoms with van der Waals surface area (Å²) >= 11 is 0. The summed E-state index contributed by atoms with van der Waals surface area (Å²) in [5, 5.41) is 28.0. The fraction of sp³-hybridized carbons (Fsp3) is 0.667. The Balaban J connectivity index is 2.14. The number of aliphatic hydroxyl groups is 2. The van der Waals surface area contributed by atoms with Crippen LogP contribution in [0.3, 0.4) is 0 Å². The van der Waals surface area contributed by atoms with Gasteiger partial charge in [-0.3, -0.25) is 0 Å². The molecule has 0 aliphatic carbocycles. The third-order valence-electron chi connectivity index (χ3n) is 6.59. The Morgan fingerprint density at radius 2 is 1.69 bits per heavy atom. The van der Waals surface area contributed by atoms with Crippen LogP contribution in [0.5, 0.6) is 0 Å². The van der Waals surface area contributed by atoms with E-state index in [0.29, 0.717) is 25.7 Å². The van der Waals surface area contributed by atoms with E-state index in [1.165, 1.54) is 19.2 Å². The first-order chi connectivity index (χ1) is 14.7. The predicted molar refractivity (Wildman–Crippen MR) is 115 cm³/mol. The molecule has 2 rings (SSSR count). The van der Waals surface area contributed by atoms with E-state index in [2.05, 4.69) is 16.1 Å². The molecule has 0 saturated carbocycles. The van der Waals surface area contributed by atoms with Crippen molar-refractivity contribution in [3.63, 3.8) is 0 Å². The van der Waals surface area contributed by atoms with Gasteiger partial charge in [0.05, 0.1) is 6.10 Å². The maximum Gasteiger partial charge on any atom is 0.442 e. The molecule has 178 valence electrons. The van der Waals surface area contributed by atoms with Gasteiger partial charge in [-0.05, 0) is 44.1 Å². The van der Waals surface area contributed by atoms with Gasteiger partial charge in [-0.15, -0.1) is 22.6 Å². The zero-order chi connectivity index (χ0) is 24.4. The van der Waals surface area contributed by atoms with E-state index in [1.807, 2.05) is 27.7 Å². The lowest BCUT2D eigenvalue weighted by Crippen LogP contribution is -2.46. The molecule has 0 spiro atoms. The van der Waals surface area contributed by atoms with E-state index in [9.17, 15) is 23.4 Å². The van der Waals surface area contributed by atoms with Crippen molar-refractivity contribution in [2.24, 2.45) is 27.0 Å². The number of rotatable bonds is 11. The van der Waals surface area contributed by atoms with Crippen LogP contribution in [0, 0.1) is 29.1 Å². The van der Waals surface area contributed by atoms with Crippen LogP contribution in [0.4, 0.5) is 13.2 Å². The topological polar surface area (TPSA) is 74.4 Å². The molecule has 1 aliphatic rings. The molecule has 0 aromatic heterocycles. The van der Waals surface area contributed by atoms with Crippen molar-refractivity contribution < 1.29 is 28.1 Å². The molecule has 4 unspecified atom stereocenters. The number of benzene rings is 1. The fourth-order valence-electron chi connectivity index (χ4n) is 4.52. The highest BCUT2D eigenvalue weighted by atomic mass is 19.4. The fourth-order valence-corrected chi connectivity index (χ4v) is 4.52. The third kappa shape index (κ3) is 5.51. The van der Waals surface area contributed by atoms with Gasteiger partial charge in [0.1, 0.15) is 0 Å². The minimum Gasteiger partial charge on any atom is -0.393 e. The number of halogens is 3. The summed E-state index contributed by atoms with van der Waals surface area (Å²) in [5.41, 5.74) is -2.64. The van der Waals surface area contributed by atoms with Gasteiger partial charge < -0.3 is 14.9 Å². The van der Waals surface area contributed by atoms with E-state index < -0.39 is 41.0 Å². The molecule has 4 atom stereocenters. The molecule has 1 aliphatic heterocycles. The number of hydrogen-bond acceptors (Lipinski definition) is 5. The molecule has 0 bridgehead atoms. The molecule has 1 heterocycles. The number of alkyl halides is 3. The molecule has 0 saturated heterocycles. The van der Waals surface area contributed by atoms with Crippen LogP contribution in [-0.2, 0) is 16.8 Å². The normalized spacial score (nSPS) is 20.2. The predicted octanol–water partition coefficient (Wildman–Crippen LogP) is 5.21. The molecule has 1 aromatic carbocycles. The highest BCUT2D eigenvalue weighted by Gasteiger charge is 2.65. The van der Waals surface area contributed by atoms with Crippen LogP contribution in [0.25, 0.3) is 0 Å². The van der Waals surface area contributed by atoms with Gasteiger partial charge in [0, 0.05) is 24.0 Å². The van der Waals surface area contributed by atoms with Crippen molar-refractivity contribution in [2.45, 2.75) is 77.6 Å². The third-order valence-corrected chi connectivity index (χ3v) is 6.59. The minimum absolute atomic E-state index is 0.0305. The number of terminal acetylenes is 1. The van der Waals surface area contributed by atoms with Gasteiger partial charge in [-0.1, -0.05) is 44.5 Å². The highest BCUT2D eigenvalue weighted by molar-refractivity contribution is 5.32. The highest BCUT2D eigenvalue weighted by Crippen LogP contribution is 2.52. The Kier molecular flexibility index (Phi) is 7.81. The molecule has 0 radical (unpaired) electrons. The van der Waals surface area contributed by atoms with E-state index in [0.717, 1.165) is 5.56 Å². The maximum absolute atomic E-state index is 13.2. The number of aryl methyl sites for hydroxylation is 1. The Hall–Kier alpha value is -1.95. The summed E-state index contributed by atoms with van der Waals surface area (Å²) in [4.78, 5) is 0. The van der Waals surface area contributed by atoms with E-state index in [1.54, 1.807) is 12.1 Å². The molecule has 5 nitrogen and oxygen atoms in total. The van der Waals surface area contributed by atoms with Crippen LogP contribution in [-0.4, -0.2) is 35.9 Å². The second kappa shape index (κ2) is 9.50. The van der Waals surface area contributed by atoms with E-state index in [-0.39, 0.29) is 5.56 Å². The average molecular weight is 455 g/mol. The smallest absolute Gasteiger partial charge is 0.393 e. The summed E-state index contributed by atoms with van der Waals surface area (Å²) in [6.45, 7) is 7.85. The lowest BCUT2D eigenvalue weighted by molar-refractivity contribution is -0.181. The molecular weight excluding hydrogens is 421 g/mol. The molecule has 8 heteroatoms. The molecule has 2 N–H and O–H groups in total. The quantitative estimate of drug-likeness (QED) is 0.356. The van der Waals surface area contributed by atoms with Gasteiger partial charge in [0.2, 0.25) is 0 Å². The lowest BCUT2D eigenvalue weighted by Gasteiger charge is -2.44. The Morgan fingerprint density at radius 1 is 1.12 bits per heavy atom. The van der Waals surface area contributed by atoms with Gasteiger partial charge >= 0.3 is 11.8 Å². The van der Waals surface area contributed by atoms with E-state index >= 15 is 0 Å². The first kappa shape index (κ1) is 26.3.